The van der Waals surface area contributed by atoms with Crippen LogP contribution in [-0.2, 0) is 19.1 Å². The molecule has 0 aliphatic carbocycles. The van der Waals surface area contributed by atoms with E-state index in [9.17, 15) is 9.59 Å². The first-order chi connectivity index (χ1) is 13.2. The largest absolute Gasteiger partial charge is 0.469 e. The molecular weight excluding hydrogens is 352 g/mol. The average molecular weight is 389 g/mol. The number of methoxy groups -OCH3 is 1. The van der Waals surface area contributed by atoms with Crippen LogP contribution in [0.1, 0.15) is 77.7 Å². The van der Waals surface area contributed by atoms with Crippen LogP contribution in [0, 0.1) is 10.8 Å². The Labute approximate surface area is 170 Å². The van der Waals surface area contributed by atoms with Gasteiger partial charge < -0.3 is 9.47 Å². The predicted molar refractivity (Wildman–Crippen MR) is 111 cm³/mol. The van der Waals surface area contributed by atoms with E-state index in [1.807, 2.05) is 32.0 Å². The summed E-state index contributed by atoms with van der Waals surface area (Å²) in [5.41, 5.74) is 0.205. The maximum atomic E-state index is 12.9. The monoisotopic (exact) mass is 388 g/mol. The van der Waals surface area contributed by atoms with Gasteiger partial charge in [0.15, 0.2) is 0 Å². The molecule has 1 aliphatic rings. The van der Waals surface area contributed by atoms with Gasteiger partial charge in [-0.1, -0.05) is 51.1 Å². The molecule has 2 rings (SSSR count). The van der Waals surface area contributed by atoms with E-state index in [2.05, 4.69) is 26.0 Å². The van der Waals surface area contributed by atoms with Crippen LogP contribution in [0.3, 0.4) is 0 Å². The van der Waals surface area contributed by atoms with Crippen LogP contribution in [-0.4, -0.2) is 31.6 Å². The molecule has 1 aliphatic heterocycles. The van der Waals surface area contributed by atoms with Crippen molar-refractivity contribution in [3.63, 3.8) is 0 Å². The van der Waals surface area contributed by atoms with Gasteiger partial charge in [0.25, 0.3) is 0 Å². The molecule has 4 unspecified atom stereocenters. The van der Waals surface area contributed by atoms with E-state index in [-0.39, 0.29) is 23.8 Å². The van der Waals surface area contributed by atoms with Crippen LogP contribution in [0.2, 0.25) is 0 Å². The van der Waals surface area contributed by atoms with E-state index >= 15 is 0 Å². The number of carbonyl (C=O) groups is 2. The smallest absolute Gasteiger partial charge is 0.311 e. The quantitative estimate of drug-likeness (QED) is 0.360. The van der Waals surface area contributed by atoms with Crippen molar-refractivity contribution in [3.8, 4) is 0 Å². The van der Waals surface area contributed by atoms with Gasteiger partial charge in [-0.25, -0.2) is 0 Å². The first-order valence-corrected chi connectivity index (χ1v) is 10.5. The van der Waals surface area contributed by atoms with Crippen LogP contribution >= 0.6 is 0 Å². The molecule has 1 fully saturated rings. The molecule has 0 spiro atoms. The van der Waals surface area contributed by atoms with Crippen molar-refractivity contribution in [2.24, 2.45) is 10.8 Å². The fourth-order valence-corrected chi connectivity index (χ4v) is 4.00. The third kappa shape index (κ3) is 5.91. The Morgan fingerprint density at radius 1 is 1.18 bits per heavy atom. The highest BCUT2D eigenvalue weighted by molar-refractivity contribution is 5.84. The van der Waals surface area contributed by atoms with E-state index in [1.54, 1.807) is 0 Å². The highest BCUT2D eigenvalue weighted by Crippen LogP contribution is 2.41. The van der Waals surface area contributed by atoms with Gasteiger partial charge in [-0.3, -0.25) is 9.59 Å². The van der Waals surface area contributed by atoms with Crippen molar-refractivity contribution >= 4 is 11.8 Å². The van der Waals surface area contributed by atoms with Crippen LogP contribution in [0.15, 0.2) is 30.3 Å². The van der Waals surface area contributed by atoms with Crippen molar-refractivity contribution < 1.29 is 19.1 Å². The van der Waals surface area contributed by atoms with Gasteiger partial charge in [0.05, 0.1) is 25.2 Å². The lowest BCUT2D eigenvalue weighted by atomic mass is 9.69. The average Bonchev–Trinajstić information content (AvgIpc) is 3.54. The standard InChI is InChI=1S/C24H36O4/c1-6-23(3,21(25)13-12-20-17-28-20)14-15-24(4,22(26)27-5)16-18(2)19-10-8-7-9-11-19/h7-11,18,20H,6,12-17H2,1-5H3. The third-order valence-corrected chi connectivity index (χ3v) is 6.58. The van der Waals surface area contributed by atoms with Crippen LogP contribution in [0.25, 0.3) is 0 Å². The number of hydrogen-bond acceptors (Lipinski definition) is 4. The van der Waals surface area contributed by atoms with Crippen LogP contribution in [0.4, 0.5) is 0 Å². The Balaban J connectivity index is 2.06. The maximum absolute atomic E-state index is 12.9. The Morgan fingerprint density at radius 3 is 2.32 bits per heavy atom. The molecule has 0 radical (unpaired) electrons. The van der Waals surface area contributed by atoms with E-state index in [4.69, 9.17) is 9.47 Å². The molecule has 0 bridgehead atoms. The van der Waals surface area contributed by atoms with E-state index in [0.717, 1.165) is 19.4 Å². The molecule has 0 saturated carbocycles. The predicted octanol–water partition coefficient (Wildman–Crippen LogP) is 5.30. The zero-order chi connectivity index (χ0) is 20.8. The van der Waals surface area contributed by atoms with Crippen LogP contribution < -0.4 is 0 Å². The van der Waals surface area contributed by atoms with Gasteiger partial charge in [0.2, 0.25) is 0 Å². The Kier molecular flexibility index (Phi) is 7.82. The molecule has 28 heavy (non-hydrogen) atoms. The summed E-state index contributed by atoms with van der Waals surface area (Å²) in [5, 5.41) is 0. The fourth-order valence-electron chi connectivity index (χ4n) is 4.00. The summed E-state index contributed by atoms with van der Waals surface area (Å²) in [6.07, 6.45) is 4.47. The molecule has 1 aromatic carbocycles. The maximum Gasteiger partial charge on any atom is 0.311 e. The summed E-state index contributed by atoms with van der Waals surface area (Å²) in [6, 6.07) is 10.3. The SMILES string of the molecule is CCC(C)(CCC(C)(CC(C)c1ccccc1)C(=O)OC)C(=O)CCC1CO1. The first-order valence-electron chi connectivity index (χ1n) is 10.5. The van der Waals surface area contributed by atoms with Gasteiger partial charge in [0.1, 0.15) is 5.78 Å². The minimum absolute atomic E-state index is 0.187. The third-order valence-electron chi connectivity index (χ3n) is 6.58. The van der Waals surface area contributed by atoms with Gasteiger partial charge in [0, 0.05) is 11.8 Å². The van der Waals surface area contributed by atoms with Crippen molar-refractivity contribution in [2.45, 2.75) is 78.2 Å². The summed E-state index contributed by atoms with van der Waals surface area (Å²) >= 11 is 0. The molecule has 1 aromatic rings. The number of ether oxygens (including phenoxy) is 2. The number of Topliss-reactive ketones (excluding diaryl/α,β-unsaturated/α-hetero) is 1. The van der Waals surface area contributed by atoms with Crippen molar-refractivity contribution in [1.29, 1.82) is 0 Å². The van der Waals surface area contributed by atoms with E-state index in [1.165, 1.54) is 12.7 Å². The Morgan fingerprint density at radius 2 is 1.79 bits per heavy atom. The molecule has 0 N–H and O–H groups in total. The first kappa shape index (κ1) is 22.6. The second kappa shape index (κ2) is 9.69. The topological polar surface area (TPSA) is 55.9 Å². The minimum Gasteiger partial charge on any atom is -0.469 e. The number of carbonyl (C=O) groups excluding carboxylic acids is 2. The Hall–Kier alpha value is -1.68. The fraction of sp³-hybridized carbons (Fsp3) is 0.667. The van der Waals surface area contributed by atoms with Crippen molar-refractivity contribution in [3.05, 3.63) is 35.9 Å². The van der Waals surface area contributed by atoms with Gasteiger partial charge in [-0.15, -0.1) is 0 Å². The van der Waals surface area contributed by atoms with E-state index < -0.39 is 10.8 Å². The molecule has 0 amide bonds. The molecule has 1 saturated heterocycles. The number of benzene rings is 1. The zero-order valence-electron chi connectivity index (χ0n) is 18.1. The molecule has 0 aromatic heterocycles. The highest BCUT2D eigenvalue weighted by Gasteiger charge is 2.40. The lowest BCUT2D eigenvalue weighted by Crippen LogP contribution is -2.35. The molecular formula is C24H36O4. The summed E-state index contributed by atoms with van der Waals surface area (Å²) in [7, 11) is 1.45. The van der Waals surface area contributed by atoms with Gasteiger partial charge >= 0.3 is 5.97 Å². The molecule has 4 atom stereocenters. The normalized spacial score (nSPS) is 21.2. The lowest BCUT2D eigenvalue weighted by Gasteiger charge is -2.34. The molecule has 4 heteroatoms. The summed E-state index contributed by atoms with van der Waals surface area (Å²) < 4.78 is 10.4. The molecule has 4 nitrogen and oxygen atoms in total. The van der Waals surface area contributed by atoms with Gasteiger partial charge in [-0.2, -0.15) is 0 Å². The number of esters is 1. The lowest BCUT2D eigenvalue weighted by molar-refractivity contribution is -0.153. The number of rotatable bonds is 12. The second-order valence-corrected chi connectivity index (χ2v) is 8.90. The number of hydrogen-bond donors (Lipinski definition) is 0. The van der Waals surface area contributed by atoms with Gasteiger partial charge in [-0.05, 0) is 50.5 Å². The molecule has 156 valence electrons. The zero-order valence-corrected chi connectivity index (χ0v) is 18.1. The number of ketones is 1. The van der Waals surface area contributed by atoms with E-state index in [0.29, 0.717) is 25.7 Å². The second-order valence-electron chi connectivity index (χ2n) is 8.90. The summed E-state index contributed by atoms with van der Waals surface area (Å²) in [4.78, 5) is 25.5. The van der Waals surface area contributed by atoms with Crippen molar-refractivity contribution in [2.75, 3.05) is 13.7 Å². The van der Waals surface area contributed by atoms with Crippen molar-refractivity contribution in [1.82, 2.24) is 0 Å². The Bertz CT molecular complexity index is 652. The molecule has 1 heterocycles. The minimum atomic E-state index is -0.611. The summed E-state index contributed by atoms with van der Waals surface area (Å²) in [5.74, 6) is 0.335. The summed E-state index contributed by atoms with van der Waals surface area (Å²) in [6.45, 7) is 9.02. The highest BCUT2D eigenvalue weighted by atomic mass is 16.6. The van der Waals surface area contributed by atoms with Crippen LogP contribution in [0.5, 0.6) is 0 Å². The number of epoxide rings is 1.